The Balaban J connectivity index is 1.98. The van der Waals surface area contributed by atoms with Crippen molar-refractivity contribution in [2.75, 3.05) is 19.0 Å². The topological polar surface area (TPSA) is 39.1 Å². The third kappa shape index (κ3) is 3.02. The van der Waals surface area contributed by atoms with E-state index in [9.17, 15) is 0 Å². The summed E-state index contributed by atoms with van der Waals surface area (Å²) in [4.78, 5) is 4.60. The van der Waals surface area contributed by atoms with Crippen molar-refractivity contribution in [1.82, 2.24) is 9.55 Å². The first-order chi connectivity index (χ1) is 11.6. The third-order valence-electron chi connectivity index (χ3n) is 4.77. The largest absolute Gasteiger partial charge is 0.383 e. The molecule has 2 heterocycles. The molecule has 3 aromatic rings. The number of methoxy groups -OCH3 is 1. The van der Waals surface area contributed by atoms with Gasteiger partial charge in [-0.2, -0.15) is 0 Å². The van der Waals surface area contributed by atoms with Crippen LogP contribution in [0.5, 0.6) is 0 Å². The Labute approximate surface area is 143 Å². The van der Waals surface area contributed by atoms with Gasteiger partial charge in [0.2, 0.25) is 0 Å². The first kappa shape index (κ1) is 16.5. The smallest absolute Gasteiger partial charge is 0.150 e. The second-order valence-electron chi connectivity index (χ2n) is 6.19. The molecule has 0 saturated heterocycles. The molecule has 4 nitrogen and oxygen atoms in total. The van der Waals surface area contributed by atoms with Crippen molar-refractivity contribution < 1.29 is 4.74 Å². The second-order valence-corrected chi connectivity index (χ2v) is 6.19. The number of hydrogen-bond donors (Lipinski definition) is 1. The zero-order valence-electron chi connectivity index (χ0n) is 14.9. The molecule has 0 amide bonds. The minimum absolute atomic E-state index is 0.691. The number of nitrogens with zero attached hydrogens (tertiary/aromatic N) is 2. The molecule has 0 radical (unpaired) electrons. The summed E-state index contributed by atoms with van der Waals surface area (Å²) < 4.78 is 7.59. The van der Waals surface area contributed by atoms with Gasteiger partial charge in [-0.3, -0.25) is 0 Å². The molecule has 0 fully saturated rings. The predicted octanol–water partition coefficient (Wildman–Crippen LogP) is 4.22. The highest BCUT2D eigenvalue weighted by molar-refractivity contribution is 5.93. The average molecular weight is 323 g/mol. The lowest BCUT2D eigenvalue weighted by Gasteiger charge is -2.13. The van der Waals surface area contributed by atoms with Crippen molar-refractivity contribution >= 4 is 16.7 Å². The van der Waals surface area contributed by atoms with Gasteiger partial charge in [0.15, 0.2) is 5.82 Å². The highest BCUT2D eigenvalue weighted by atomic mass is 16.5. The SMILES string of the molecule is COCCn1c(C)c(C)c2ccnc(NCc3ccccc3C)c21. The van der Waals surface area contributed by atoms with Crippen LogP contribution in [0.25, 0.3) is 10.9 Å². The van der Waals surface area contributed by atoms with Crippen LogP contribution in [0, 0.1) is 20.8 Å². The number of nitrogens with one attached hydrogen (secondary N) is 1. The molecular formula is C20H25N3O. The maximum Gasteiger partial charge on any atom is 0.150 e. The summed E-state index contributed by atoms with van der Waals surface area (Å²) in [6.45, 7) is 8.77. The fraction of sp³-hybridized carbons (Fsp3) is 0.350. The molecule has 2 aromatic heterocycles. The number of anilines is 1. The average Bonchev–Trinajstić information content (AvgIpc) is 2.84. The molecule has 0 spiro atoms. The normalized spacial score (nSPS) is 11.2. The Kier molecular flexibility index (Phi) is 4.86. The number of ether oxygens (including phenoxy) is 1. The summed E-state index contributed by atoms with van der Waals surface area (Å²) in [5, 5.41) is 4.78. The van der Waals surface area contributed by atoms with Crippen LogP contribution in [0.15, 0.2) is 36.5 Å². The Morgan fingerprint density at radius 1 is 1.12 bits per heavy atom. The molecule has 0 aliphatic carbocycles. The maximum atomic E-state index is 5.28. The fourth-order valence-corrected chi connectivity index (χ4v) is 3.17. The van der Waals surface area contributed by atoms with Crippen LogP contribution in [0.4, 0.5) is 5.82 Å². The molecule has 0 saturated carbocycles. The first-order valence-corrected chi connectivity index (χ1v) is 8.35. The van der Waals surface area contributed by atoms with Crippen LogP contribution in [0.3, 0.4) is 0 Å². The number of aromatic nitrogens is 2. The number of fused-ring (bicyclic) bond motifs is 1. The lowest BCUT2D eigenvalue weighted by atomic mass is 10.1. The van der Waals surface area contributed by atoms with Gasteiger partial charge in [-0.1, -0.05) is 24.3 Å². The van der Waals surface area contributed by atoms with Crippen molar-refractivity contribution in [3.8, 4) is 0 Å². The molecule has 4 heteroatoms. The minimum atomic E-state index is 0.691. The molecule has 1 N–H and O–H groups in total. The highest BCUT2D eigenvalue weighted by Crippen LogP contribution is 2.29. The number of hydrogen-bond acceptors (Lipinski definition) is 3. The molecule has 0 unspecified atom stereocenters. The predicted molar refractivity (Wildman–Crippen MR) is 99.6 cm³/mol. The molecule has 24 heavy (non-hydrogen) atoms. The van der Waals surface area contributed by atoms with Gasteiger partial charge in [-0.15, -0.1) is 0 Å². The summed E-state index contributed by atoms with van der Waals surface area (Å²) in [6.07, 6.45) is 1.88. The van der Waals surface area contributed by atoms with Crippen molar-refractivity contribution in [3.63, 3.8) is 0 Å². The zero-order chi connectivity index (χ0) is 17.1. The summed E-state index contributed by atoms with van der Waals surface area (Å²) in [6, 6.07) is 10.5. The monoisotopic (exact) mass is 323 g/mol. The van der Waals surface area contributed by atoms with E-state index >= 15 is 0 Å². The summed E-state index contributed by atoms with van der Waals surface area (Å²) in [7, 11) is 1.74. The summed E-state index contributed by atoms with van der Waals surface area (Å²) in [5.74, 6) is 0.933. The van der Waals surface area contributed by atoms with Gasteiger partial charge in [0, 0.05) is 37.5 Å². The van der Waals surface area contributed by atoms with Crippen molar-refractivity contribution in [2.45, 2.75) is 33.9 Å². The van der Waals surface area contributed by atoms with E-state index in [1.807, 2.05) is 6.20 Å². The van der Waals surface area contributed by atoms with Crippen LogP contribution >= 0.6 is 0 Å². The molecule has 3 rings (SSSR count). The van der Waals surface area contributed by atoms with Crippen LogP contribution in [-0.4, -0.2) is 23.3 Å². The lowest BCUT2D eigenvalue weighted by Crippen LogP contribution is -2.09. The summed E-state index contributed by atoms with van der Waals surface area (Å²) in [5.41, 5.74) is 6.33. The van der Waals surface area contributed by atoms with Gasteiger partial charge in [0.05, 0.1) is 12.1 Å². The Bertz CT molecular complexity index is 851. The Morgan fingerprint density at radius 2 is 1.92 bits per heavy atom. The van der Waals surface area contributed by atoms with E-state index in [0.29, 0.717) is 6.61 Å². The number of aryl methyl sites for hydroxylation is 2. The highest BCUT2D eigenvalue weighted by Gasteiger charge is 2.15. The number of benzene rings is 1. The van der Waals surface area contributed by atoms with Crippen LogP contribution in [0.2, 0.25) is 0 Å². The van der Waals surface area contributed by atoms with E-state index in [1.54, 1.807) is 7.11 Å². The molecule has 0 bridgehead atoms. The van der Waals surface area contributed by atoms with Gasteiger partial charge in [-0.05, 0) is 43.5 Å². The summed E-state index contributed by atoms with van der Waals surface area (Å²) >= 11 is 0. The molecule has 0 atom stereocenters. The van der Waals surface area contributed by atoms with E-state index in [4.69, 9.17) is 4.74 Å². The van der Waals surface area contributed by atoms with Crippen molar-refractivity contribution in [3.05, 3.63) is 58.9 Å². The van der Waals surface area contributed by atoms with Gasteiger partial charge in [0.25, 0.3) is 0 Å². The van der Waals surface area contributed by atoms with Crippen molar-refractivity contribution in [1.29, 1.82) is 0 Å². The van der Waals surface area contributed by atoms with Gasteiger partial charge in [-0.25, -0.2) is 4.98 Å². The Hall–Kier alpha value is -2.33. The molecule has 0 aliphatic heterocycles. The second kappa shape index (κ2) is 7.05. The molecule has 0 aliphatic rings. The minimum Gasteiger partial charge on any atom is -0.383 e. The third-order valence-corrected chi connectivity index (χ3v) is 4.77. The van der Waals surface area contributed by atoms with E-state index < -0.39 is 0 Å². The number of pyridine rings is 1. The fourth-order valence-electron chi connectivity index (χ4n) is 3.17. The zero-order valence-corrected chi connectivity index (χ0v) is 14.9. The quantitative estimate of drug-likeness (QED) is 0.738. The Morgan fingerprint density at radius 3 is 2.67 bits per heavy atom. The van der Waals surface area contributed by atoms with Gasteiger partial charge < -0.3 is 14.6 Å². The van der Waals surface area contributed by atoms with Crippen LogP contribution in [-0.2, 0) is 17.8 Å². The van der Waals surface area contributed by atoms with E-state index in [1.165, 1.54) is 27.8 Å². The van der Waals surface area contributed by atoms with Gasteiger partial charge in [0.1, 0.15) is 0 Å². The van der Waals surface area contributed by atoms with Crippen LogP contribution < -0.4 is 5.32 Å². The molecule has 126 valence electrons. The van der Waals surface area contributed by atoms with E-state index in [-0.39, 0.29) is 0 Å². The van der Waals surface area contributed by atoms with Gasteiger partial charge >= 0.3 is 0 Å². The van der Waals surface area contributed by atoms with Crippen LogP contribution in [0.1, 0.15) is 22.4 Å². The molecule has 1 aromatic carbocycles. The maximum absolute atomic E-state index is 5.28. The first-order valence-electron chi connectivity index (χ1n) is 8.35. The van der Waals surface area contributed by atoms with E-state index in [0.717, 1.165) is 24.4 Å². The van der Waals surface area contributed by atoms with Crippen molar-refractivity contribution in [2.24, 2.45) is 0 Å². The van der Waals surface area contributed by atoms with E-state index in [2.05, 4.69) is 66.0 Å². The lowest BCUT2D eigenvalue weighted by molar-refractivity contribution is 0.188. The standard InChI is InChI=1S/C20H25N3O/c1-14-7-5-6-8-17(14)13-22-20-19-18(9-10-21-20)15(2)16(3)23(19)11-12-24-4/h5-10H,11-13H2,1-4H3,(H,21,22). The number of rotatable bonds is 6. The molecular weight excluding hydrogens is 298 g/mol.